The van der Waals surface area contributed by atoms with Crippen LogP contribution in [0.3, 0.4) is 0 Å². The highest BCUT2D eigenvalue weighted by Crippen LogP contribution is 2.29. The molecular formula is C21H35F3IN5. The van der Waals surface area contributed by atoms with E-state index in [-0.39, 0.29) is 24.0 Å². The Morgan fingerprint density at radius 3 is 2.23 bits per heavy atom. The number of nitrogens with zero attached hydrogens (tertiary/aromatic N) is 3. The predicted octanol–water partition coefficient (Wildman–Crippen LogP) is 3.45. The number of benzene rings is 1. The summed E-state index contributed by atoms with van der Waals surface area (Å²) in [6.45, 7) is 14.0. The van der Waals surface area contributed by atoms with Crippen molar-refractivity contribution in [1.29, 1.82) is 0 Å². The Labute approximate surface area is 195 Å². The van der Waals surface area contributed by atoms with Gasteiger partial charge in [0.05, 0.1) is 12.1 Å². The van der Waals surface area contributed by atoms with E-state index in [1.54, 1.807) is 0 Å². The van der Waals surface area contributed by atoms with Crippen LogP contribution in [0.2, 0.25) is 0 Å². The maximum absolute atomic E-state index is 12.6. The SMILES string of the molecule is CCNC(=NCC(C)N1CCN(CC)CC1)NCCc1ccc(C(F)(F)F)cc1.I. The van der Waals surface area contributed by atoms with Gasteiger partial charge in [0.25, 0.3) is 0 Å². The molecule has 5 nitrogen and oxygen atoms in total. The van der Waals surface area contributed by atoms with Crippen LogP contribution in [0.15, 0.2) is 29.3 Å². The lowest BCUT2D eigenvalue weighted by Gasteiger charge is -2.37. The minimum atomic E-state index is -4.29. The van der Waals surface area contributed by atoms with E-state index in [0.29, 0.717) is 25.6 Å². The van der Waals surface area contributed by atoms with Crippen molar-refractivity contribution in [3.8, 4) is 0 Å². The molecule has 9 heteroatoms. The van der Waals surface area contributed by atoms with E-state index >= 15 is 0 Å². The molecule has 0 spiro atoms. The van der Waals surface area contributed by atoms with Crippen molar-refractivity contribution in [2.45, 2.75) is 39.4 Å². The summed E-state index contributed by atoms with van der Waals surface area (Å²) in [5.74, 6) is 0.749. The van der Waals surface area contributed by atoms with E-state index in [1.165, 1.54) is 12.1 Å². The molecule has 172 valence electrons. The number of hydrogen-bond acceptors (Lipinski definition) is 3. The van der Waals surface area contributed by atoms with Gasteiger partial charge in [-0.05, 0) is 44.5 Å². The van der Waals surface area contributed by atoms with Crippen LogP contribution in [0.25, 0.3) is 0 Å². The van der Waals surface area contributed by atoms with Gasteiger partial charge < -0.3 is 15.5 Å². The molecule has 2 rings (SSSR count). The first-order valence-corrected chi connectivity index (χ1v) is 10.5. The van der Waals surface area contributed by atoms with E-state index < -0.39 is 11.7 Å². The second-order valence-corrected chi connectivity index (χ2v) is 7.41. The number of rotatable bonds is 8. The second kappa shape index (κ2) is 13.4. The van der Waals surface area contributed by atoms with Crippen molar-refractivity contribution in [3.05, 3.63) is 35.4 Å². The molecule has 0 radical (unpaired) electrons. The van der Waals surface area contributed by atoms with Gasteiger partial charge in [-0.2, -0.15) is 13.2 Å². The molecule has 0 bridgehead atoms. The van der Waals surface area contributed by atoms with E-state index in [4.69, 9.17) is 4.99 Å². The predicted molar refractivity (Wildman–Crippen MR) is 128 cm³/mol. The van der Waals surface area contributed by atoms with Crippen molar-refractivity contribution in [3.63, 3.8) is 0 Å². The van der Waals surface area contributed by atoms with Gasteiger partial charge in [-0.25, -0.2) is 0 Å². The van der Waals surface area contributed by atoms with Crippen molar-refractivity contribution < 1.29 is 13.2 Å². The highest BCUT2D eigenvalue weighted by molar-refractivity contribution is 14.0. The fourth-order valence-corrected chi connectivity index (χ4v) is 3.39. The Balaban J connectivity index is 0.00000450. The van der Waals surface area contributed by atoms with Crippen molar-refractivity contribution in [2.75, 3.05) is 52.4 Å². The summed E-state index contributed by atoms with van der Waals surface area (Å²) in [6, 6.07) is 5.71. The molecule has 2 N–H and O–H groups in total. The average molecular weight is 541 g/mol. The smallest absolute Gasteiger partial charge is 0.357 e. The lowest BCUT2D eigenvalue weighted by Crippen LogP contribution is -2.50. The van der Waals surface area contributed by atoms with Crippen LogP contribution in [0.5, 0.6) is 0 Å². The third kappa shape index (κ3) is 8.97. The Bertz CT molecular complexity index is 629. The van der Waals surface area contributed by atoms with Crippen LogP contribution in [0.1, 0.15) is 31.9 Å². The summed E-state index contributed by atoms with van der Waals surface area (Å²) < 4.78 is 37.9. The van der Waals surface area contributed by atoms with Gasteiger partial charge in [-0.3, -0.25) is 9.89 Å². The Morgan fingerprint density at radius 1 is 1.07 bits per heavy atom. The number of piperazine rings is 1. The van der Waals surface area contributed by atoms with Crippen molar-refractivity contribution in [2.24, 2.45) is 4.99 Å². The highest BCUT2D eigenvalue weighted by Gasteiger charge is 2.29. The first-order valence-electron chi connectivity index (χ1n) is 10.5. The monoisotopic (exact) mass is 541 g/mol. The second-order valence-electron chi connectivity index (χ2n) is 7.41. The normalized spacial score (nSPS) is 17.3. The number of alkyl halides is 3. The highest BCUT2D eigenvalue weighted by atomic mass is 127. The quantitative estimate of drug-likeness (QED) is 0.301. The van der Waals surface area contributed by atoms with E-state index in [2.05, 4.69) is 34.3 Å². The summed E-state index contributed by atoms with van der Waals surface area (Å²) in [4.78, 5) is 9.63. The lowest BCUT2D eigenvalue weighted by molar-refractivity contribution is -0.137. The third-order valence-electron chi connectivity index (χ3n) is 5.32. The lowest BCUT2D eigenvalue weighted by atomic mass is 10.1. The molecule has 1 aromatic carbocycles. The third-order valence-corrected chi connectivity index (χ3v) is 5.32. The molecule has 1 aromatic rings. The molecule has 30 heavy (non-hydrogen) atoms. The topological polar surface area (TPSA) is 42.9 Å². The van der Waals surface area contributed by atoms with Gasteiger partial charge in [0.2, 0.25) is 0 Å². The number of guanidine groups is 1. The number of nitrogens with one attached hydrogen (secondary N) is 2. The van der Waals surface area contributed by atoms with Gasteiger partial charge in [0.1, 0.15) is 0 Å². The minimum absolute atomic E-state index is 0. The van der Waals surface area contributed by atoms with Gasteiger partial charge in [-0.15, -0.1) is 24.0 Å². The molecule has 1 aliphatic rings. The maximum Gasteiger partial charge on any atom is 0.416 e. The van der Waals surface area contributed by atoms with Crippen LogP contribution in [0.4, 0.5) is 13.2 Å². The summed E-state index contributed by atoms with van der Waals surface area (Å²) >= 11 is 0. The fraction of sp³-hybridized carbons (Fsp3) is 0.667. The summed E-state index contributed by atoms with van der Waals surface area (Å²) in [5, 5.41) is 6.51. The van der Waals surface area contributed by atoms with Crippen molar-refractivity contribution in [1.82, 2.24) is 20.4 Å². The van der Waals surface area contributed by atoms with E-state index in [1.807, 2.05) is 6.92 Å². The molecule has 0 aliphatic carbocycles. The number of likely N-dealkylation sites (N-methyl/N-ethyl adjacent to an activating group) is 1. The van der Waals surface area contributed by atoms with E-state index in [0.717, 1.165) is 62.9 Å². The zero-order chi connectivity index (χ0) is 21.3. The van der Waals surface area contributed by atoms with Crippen LogP contribution in [0, 0.1) is 0 Å². The van der Waals surface area contributed by atoms with Crippen LogP contribution in [-0.2, 0) is 12.6 Å². The van der Waals surface area contributed by atoms with Crippen LogP contribution >= 0.6 is 24.0 Å². The summed E-state index contributed by atoms with van der Waals surface area (Å²) in [6.07, 6.45) is -3.65. The van der Waals surface area contributed by atoms with Crippen LogP contribution in [-0.4, -0.2) is 74.2 Å². The van der Waals surface area contributed by atoms with Gasteiger partial charge in [0, 0.05) is 45.3 Å². The maximum atomic E-state index is 12.6. The van der Waals surface area contributed by atoms with Crippen molar-refractivity contribution >= 4 is 29.9 Å². The summed E-state index contributed by atoms with van der Waals surface area (Å²) in [5.41, 5.74) is 0.251. The summed E-state index contributed by atoms with van der Waals surface area (Å²) in [7, 11) is 0. The molecule has 0 aromatic heterocycles. The zero-order valence-corrected chi connectivity index (χ0v) is 20.5. The Morgan fingerprint density at radius 2 is 1.70 bits per heavy atom. The fourth-order valence-electron chi connectivity index (χ4n) is 3.39. The number of halogens is 4. The van der Waals surface area contributed by atoms with Gasteiger partial charge >= 0.3 is 6.18 Å². The van der Waals surface area contributed by atoms with Gasteiger partial charge in [0.15, 0.2) is 5.96 Å². The molecule has 0 amide bonds. The number of aliphatic imine (C=N–C) groups is 1. The van der Waals surface area contributed by atoms with E-state index in [9.17, 15) is 13.2 Å². The molecular weight excluding hydrogens is 506 g/mol. The molecule has 1 unspecified atom stereocenters. The average Bonchev–Trinajstić information content (AvgIpc) is 2.71. The number of hydrogen-bond donors (Lipinski definition) is 2. The molecule has 1 aliphatic heterocycles. The van der Waals surface area contributed by atoms with Gasteiger partial charge in [-0.1, -0.05) is 19.1 Å². The largest absolute Gasteiger partial charge is 0.416 e. The zero-order valence-electron chi connectivity index (χ0n) is 18.1. The molecule has 1 atom stereocenters. The van der Waals surface area contributed by atoms with Crippen LogP contribution < -0.4 is 10.6 Å². The molecule has 1 saturated heterocycles. The minimum Gasteiger partial charge on any atom is -0.357 e. The standard InChI is InChI=1S/C21H34F3N5.HI/c1-4-25-20(27-16-17(3)29-14-12-28(5-2)13-15-29)26-11-10-18-6-8-19(9-7-18)21(22,23)24;/h6-9,17H,4-5,10-16H2,1-3H3,(H2,25,26,27);1H. The molecule has 0 saturated carbocycles. The Hall–Kier alpha value is -1.07. The molecule has 1 heterocycles. The first-order chi connectivity index (χ1) is 13.8. The first kappa shape index (κ1) is 27.0. The Kier molecular flexibility index (Phi) is 12.0. The molecule has 1 fully saturated rings.